The molecule has 0 saturated carbocycles. The molecular weight excluding hydrogens is 366 g/mol. The number of rotatable bonds is 8. The van der Waals surface area contributed by atoms with Crippen LogP contribution in [0.15, 0.2) is 30.7 Å². The third-order valence-corrected chi connectivity index (χ3v) is 4.99. The Morgan fingerprint density at radius 3 is 2.72 bits per heavy atom. The molecule has 0 radical (unpaired) electrons. The summed E-state index contributed by atoms with van der Waals surface area (Å²) in [5.41, 5.74) is 2.26. The minimum Gasteiger partial charge on any atom is -0.396 e. The van der Waals surface area contributed by atoms with Crippen molar-refractivity contribution in [3.8, 4) is 6.07 Å². The second-order valence-corrected chi connectivity index (χ2v) is 7.05. The number of aliphatic hydroxyl groups is 1. The molecule has 0 amide bonds. The van der Waals surface area contributed by atoms with E-state index in [-0.39, 0.29) is 12.3 Å². The average Bonchev–Trinajstić information content (AvgIpc) is 2.78. The molecule has 0 aromatic carbocycles. The molecule has 8 nitrogen and oxygen atoms in total. The number of nitrogens with one attached hydrogen (secondary N) is 2. The van der Waals surface area contributed by atoms with Crippen LogP contribution in [0.3, 0.4) is 0 Å². The maximum atomic E-state index is 9.04. The average molecular weight is 393 g/mol. The standard InChI is InChI=1S/C21H27N7O/c1-28(21-15-24-18(11-22)14-27-21)20-10-19(17(13-26-20)4-2-3-9-29)25-12-16-5-7-23-8-6-16/h2,4,10,13-16,23,29H,3,5-9,12H2,1H3,(H,25,26)/b4-2+. The van der Waals surface area contributed by atoms with Gasteiger partial charge in [-0.15, -0.1) is 0 Å². The molecule has 1 saturated heterocycles. The van der Waals surface area contributed by atoms with Gasteiger partial charge in [-0.25, -0.2) is 15.0 Å². The Labute approximate surface area is 171 Å². The summed E-state index contributed by atoms with van der Waals surface area (Å²) >= 11 is 0. The van der Waals surface area contributed by atoms with Gasteiger partial charge in [-0.05, 0) is 38.3 Å². The third kappa shape index (κ3) is 5.73. The van der Waals surface area contributed by atoms with Crippen LogP contribution in [-0.2, 0) is 0 Å². The van der Waals surface area contributed by atoms with Crippen molar-refractivity contribution >= 4 is 23.4 Å². The Hall–Kier alpha value is -3.02. The lowest BCUT2D eigenvalue weighted by Crippen LogP contribution is -2.31. The third-order valence-electron chi connectivity index (χ3n) is 4.99. The molecule has 0 spiro atoms. The highest BCUT2D eigenvalue weighted by molar-refractivity contribution is 5.70. The first kappa shape index (κ1) is 20.7. The van der Waals surface area contributed by atoms with E-state index >= 15 is 0 Å². The van der Waals surface area contributed by atoms with Crippen molar-refractivity contribution in [2.45, 2.75) is 19.3 Å². The highest BCUT2D eigenvalue weighted by Crippen LogP contribution is 2.26. The zero-order valence-electron chi connectivity index (χ0n) is 16.7. The van der Waals surface area contributed by atoms with Crippen molar-refractivity contribution in [3.05, 3.63) is 42.0 Å². The molecular formula is C21H27N7O. The van der Waals surface area contributed by atoms with E-state index in [1.54, 1.807) is 6.20 Å². The van der Waals surface area contributed by atoms with Gasteiger partial charge in [-0.2, -0.15) is 5.26 Å². The Morgan fingerprint density at radius 1 is 1.24 bits per heavy atom. The minimum atomic E-state index is 0.125. The van der Waals surface area contributed by atoms with Crippen molar-refractivity contribution in [2.24, 2.45) is 5.92 Å². The normalized spacial score (nSPS) is 14.7. The Kier molecular flexibility index (Phi) is 7.50. The van der Waals surface area contributed by atoms with Crippen molar-refractivity contribution < 1.29 is 5.11 Å². The molecule has 3 N–H and O–H groups in total. The predicted molar refractivity (Wildman–Crippen MR) is 114 cm³/mol. The highest BCUT2D eigenvalue weighted by atomic mass is 16.2. The van der Waals surface area contributed by atoms with Gasteiger partial charge in [0.2, 0.25) is 0 Å². The summed E-state index contributed by atoms with van der Waals surface area (Å²) in [6, 6.07) is 3.97. The molecule has 1 aliphatic heterocycles. The first-order valence-corrected chi connectivity index (χ1v) is 9.89. The fraction of sp³-hybridized carbons (Fsp3) is 0.429. The summed E-state index contributed by atoms with van der Waals surface area (Å²) in [5.74, 6) is 1.99. The molecule has 0 unspecified atom stereocenters. The van der Waals surface area contributed by atoms with Gasteiger partial charge in [0, 0.05) is 43.7 Å². The first-order valence-electron chi connectivity index (χ1n) is 9.89. The fourth-order valence-electron chi connectivity index (χ4n) is 3.22. The lowest BCUT2D eigenvalue weighted by atomic mass is 9.98. The van der Waals surface area contributed by atoms with Gasteiger partial charge in [0.1, 0.15) is 11.9 Å². The number of aliphatic hydroxyl groups excluding tert-OH is 1. The summed E-state index contributed by atoms with van der Waals surface area (Å²) in [6.45, 7) is 3.17. The van der Waals surface area contributed by atoms with E-state index in [2.05, 4.69) is 25.6 Å². The summed E-state index contributed by atoms with van der Waals surface area (Å²) in [4.78, 5) is 14.8. The molecule has 2 aromatic heterocycles. The SMILES string of the molecule is CN(c1cnc(C#N)cn1)c1cc(NCC2CCNCC2)c(/C=C/CCO)cn1. The first-order chi connectivity index (χ1) is 14.2. The number of nitriles is 1. The lowest BCUT2D eigenvalue weighted by molar-refractivity contribution is 0.303. The van der Waals surface area contributed by atoms with Gasteiger partial charge in [-0.3, -0.25) is 0 Å². The molecule has 1 aliphatic rings. The van der Waals surface area contributed by atoms with E-state index in [4.69, 9.17) is 10.4 Å². The quantitative estimate of drug-likeness (QED) is 0.627. The molecule has 3 heterocycles. The van der Waals surface area contributed by atoms with Crippen LogP contribution in [0.2, 0.25) is 0 Å². The number of anilines is 3. The Morgan fingerprint density at radius 2 is 2.03 bits per heavy atom. The molecule has 152 valence electrons. The van der Waals surface area contributed by atoms with Crippen LogP contribution in [0.4, 0.5) is 17.3 Å². The molecule has 29 heavy (non-hydrogen) atoms. The van der Waals surface area contributed by atoms with E-state index in [0.717, 1.165) is 36.7 Å². The van der Waals surface area contributed by atoms with E-state index in [0.29, 0.717) is 18.2 Å². The number of hydrogen-bond acceptors (Lipinski definition) is 8. The highest BCUT2D eigenvalue weighted by Gasteiger charge is 2.15. The molecule has 1 fully saturated rings. The minimum absolute atomic E-state index is 0.125. The smallest absolute Gasteiger partial charge is 0.158 e. The predicted octanol–water partition coefficient (Wildman–Crippen LogP) is 2.32. The molecule has 0 aliphatic carbocycles. The van der Waals surface area contributed by atoms with Crippen LogP contribution >= 0.6 is 0 Å². The molecule has 0 atom stereocenters. The number of hydrogen-bond donors (Lipinski definition) is 3. The zero-order valence-corrected chi connectivity index (χ0v) is 16.7. The fourth-order valence-corrected chi connectivity index (χ4v) is 3.22. The van der Waals surface area contributed by atoms with E-state index < -0.39 is 0 Å². The Balaban J connectivity index is 1.80. The maximum absolute atomic E-state index is 9.04. The van der Waals surface area contributed by atoms with Crippen molar-refractivity contribution in [2.75, 3.05) is 43.5 Å². The number of pyridine rings is 1. The summed E-state index contributed by atoms with van der Waals surface area (Å²) < 4.78 is 0. The summed E-state index contributed by atoms with van der Waals surface area (Å²) in [7, 11) is 1.87. The Bertz CT molecular complexity index is 854. The molecule has 8 heteroatoms. The summed E-state index contributed by atoms with van der Waals surface area (Å²) in [6.07, 6.45) is 11.7. The second-order valence-electron chi connectivity index (χ2n) is 7.05. The molecule has 3 rings (SSSR count). The van der Waals surface area contributed by atoms with Gasteiger partial charge in [-0.1, -0.05) is 12.2 Å². The van der Waals surface area contributed by atoms with Crippen LogP contribution in [0.25, 0.3) is 6.08 Å². The number of nitrogens with zero attached hydrogens (tertiary/aromatic N) is 5. The van der Waals surface area contributed by atoms with Crippen molar-refractivity contribution in [1.82, 2.24) is 20.3 Å². The van der Waals surface area contributed by atoms with Gasteiger partial charge in [0.15, 0.2) is 11.5 Å². The van der Waals surface area contributed by atoms with Crippen LogP contribution in [0, 0.1) is 17.2 Å². The van der Waals surface area contributed by atoms with Gasteiger partial charge in [0.25, 0.3) is 0 Å². The topological polar surface area (TPSA) is 110 Å². The van der Waals surface area contributed by atoms with E-state index in [1.807, 2.05) is 42.4 Å². The van der Waals surface area contributed by atoms with Gasteiger partial charge in [0.05, 0.1) is 12.4 Å². The van der Waals surface area contributed by atoms with Crippen molar-refractivity contribution in [3.63, 3.8) is 0 Å². The zero-order chi connectivity index (χ0) is 20.5. The van der Waals surface area contributed by atoms with E-state index in [1.165, 1.54) is 19.0 Å². The second kappa shape index (κ2) is 10.5. The largest absolute Gasteiger partial charge is 0.396 e. The maximum Gasteiger partial charge on any atom is 0.158 e. The monoisotopic (exact) mass is 393 g/mol. The van der Waals surface area contributed by atoms with Crippen LogP contribution < -0.4 is 15.5 Å². The van der Waals surface area contributed by atoms with Gasteiger partial charge >= 0.3 is 0 Å². The number of piperidine rings is 1. The summed E-state index contributed by atoms with van der Waals surface area (Å²) in [5, 5.41) is 24.9. The molecule has 0 bridgehead atoms. The lowest BCUT2D eigenvalue weighted by Gasteiger charge is -2.24. The van der Waals surface area contributed by atoms with Crippen LogP contribution in [0.1, 0.15) is 30.5 Å². The van der Waals surface area contributed by atoms with Crippen LogP contribution in [0.5, 0.6) is 0 Å². The van der Waals surface area contributed by atoms with E-state index in [9.17, 15) is 0 Å². The molecule has 2 aromatic rings. The van der Waals surface area contributed by atoms with Gasteiger partial charge < -0.3 is 20.6 Å². The van der Waals surface area contributed by atoms with Crippen LogP contribution in [-0.4, -0.2) is 53.3 Å². The number of aromatic nitrogens is 3. The van der Waals surface area contributed by atoms with Crippen molar-refractivity contribution in [1.29, 1.82) is 5.26 Å².